The van der Waals surface area contributed by atoms with Crippen LogP contribution in [0.15, 0.2) is 44.4 Å². The zero-order chi connectivity index (χ0) is 16.8. The van der Waals surface area contributed by atoms with Crippen molar-refractivity contribution in [2.75, 3.05) is 4.72 Å². The standard InChI is InChI=1S/C16H16N2O4S/c1-9-4-5-12(10(2)6-9)18-23(20,21)15-8-14-13(7-11(15)3)17-16(19)22-14/h4-8,18H,1-3H3,(H,17,19). The molecule has 7 heteroatoms. The first-order chi connectivity index (χ1) is 10.8. The molecule has 0 fully saturated rings. The summed E-state index contributed by atoms with van der Waals surface area (Å²) in [6.45, 7) is 5.45. The van der Waals surface area contributed by atoms with Crippen molar-refractivity contribution in [3.63, 3.8) is 0 Å². The fourth-order valence-corrected chi connectivity index (χ4v) is 3.88. The molecule has 2 aromatic carbocycles. The average molecular weight is 332 g/mol. The summed E-state index contributed by atoms with van der Waals surface area (Å²) in [7, 11) is -3.79. The quantitative estimate of drug-likeness (QED) is 0.771. The molecular weight excluding hydrogens is 316 g/mol. The molecule has 0 saturated heterocycles. The number of aromatic nitrogens is 1. The number of H-pyrrole nitrogens is 1. The molecule has 0 amide bonds. The van der Waals surface area contributed by atoms with Gasteiger partial charge in [0.05, 0.1) is 16.1 Å². The topological polar surface area (TPSA) is 92.2 Å². The van der Waals surface area contributed by atoms with Gasteiger partial charge in [-0.15, -0.1) is 0 Å². The number of rotatable bonds is 3. The summed E-state index contributed by atoms with van der Waals surface area (Å²) in [5.74, 6) is -0.615. The largest absolute Gasteiger partial charge is 0.417 e. The smallest absolute Gasteiger partial charge is 0.408 e. The van der Waals surface area contributed by atoms with Crippen LogP contribution in [0.4, 0.5) is 5.69 Å². The van der Waals surface area contributed by atoms with Crippen LogP contribution >= 0.6 is 0 Å². The van der Waals surface area contributed by atoms with Crippen molar-refractivity contribution < 1.29 is 12.8 Å². The van der Waals surface area contributed by atoms with E-state index >= 15 is 0 Å². The van der Waals surface area contributed by atoms with E-state index < -0.39 is 15.8 Å². The van der Waals surface area contributed by atoms with Gasteiger partial charge in [-0.2, -0.15) is 0 Å². The minimum atomic E-state index is -3.79. The van der Waals surface area contributed by atoms with E-state index in [0.29, 0.717) is 16.8 Å². The van der Waals surface area contributed by atoms with Gasteiger partial charge in [-0.3, -0.25) is 9.71 Å². The third-order valence-corrected chi connectivity index (χ3v) is 5.14. The van der Waals surface area contributed by atoms with E-state index in [1.54, 1.807) is 19.1 Å². The molecule has 2 N–H and O–H groups in total. The summed E-state index contributed by atoms with van der Waals surface area (Å²) in [5.41, 5.74) is 3.61. The summed E-state index contributed by atoms with van der Waals surface area (Å²) in [6.07, 6.45) is 0. The van der Waals surface area contributed by atoms with Crippen molar-refractivity contribution in [3.8, 4) is 0 Å². The van der Waals surface area contributed by atoms with Crippen molar-refractivity contribution in [2.24, 2.45) is 0 Å². The molecule has 0 bridgehead atoms. The number of aromatic amines is 1. The highest BCUT2D eigenvalue weighted by molar-refractivity contribution is 7.92. The molecule has 0 atom stereocenters. The van der Waals surface area contributed by atoms with E-state index in [4.69, 9.17) is 4.42 Å². The van der Waals surface area contributed by atoms with E-state index in [1.165, 1.54) is 6.07 Å². The van der Waals surface area contributed by atoms with Crippen LogP contribution in [0.5, 0.6) is 0 Å². The lowest BCUT2D eigenvalue weighted by Gasteiger charge is -2.12. The molecule has 6 nitrogen and oxygen atoms in total. The lowest BCUT2D eigenvalue weighted by molar-refractivity contribution is 0.554. The molecule has 0 unspecified atom stereocenters. The molecule has 23 heavy (non-hydrogen) atoms. The normalized spacial score (nSPS) is 11.8. The van der Waals surface area contributed by atoms with Crippen LogP contribution < -0.4 is 10.5 Å². The van der Waals surface area contributed by atoms with Gasteiger partial charge in [0, 0.05) is 6.07 Å². The molecule has 0 spiro atoms. The Labute approximate surface area is 133 Å². The molecule has 1 heterocycles. The van der Waals surface area contributed by atoms with Gasteiger partial charge in [0.25, 0.3) is 10.0 Å². The summed E-state index contributed by atoms with van der Waals surface area (Å²) in [6, 6.07) is 8.41. The van der Waals surface area contributed by atoms with Gasteiger partial charge >= 0.3 is 5.76 Å². The number of benzene rings is 2. The molecular formula is C16H16N2O4S. The minimum Gasteiger partial charge on any atom is -0.408 e. The zero-order valence-corrected chi connectivity index (χ0v) is 13.7. The SMILES string of the molecule is Cc1ccc(NS(=O)(=O)c2cc3oc(=O)[nH]c3cc2C)c(C)c1. The number of nitrogens with one attached hydrogen (secondary N) is 2. The Morgan fingerprint density at radius 2 is 1.78 bits per heavy atom. The number of fused-ring (bicyclic) bond motifs is 1. The van der Waals surface area contributed by atoms with Crippen LogP contribution in [-0.4, -0.2) is 13.4 Å². The first-order valence-electron chi connectivity index (χ1n) is 7.00. The van der Waals surface area contributed by atoms with Crippen LogP contribution in [-0.2, 0) is 10.0 Å². The Bertz CT molecular complexity index is 1060. The first kappa shape index (κ1) is 15.4. The molecule has 0 aliphatic heterocycles. The van der Waals surface area contributed by atoms with Crippen molar-refractivity contribution >= 4 is 26.8 Å². The number of hydrogen-bond acceptors (Lipinski definition) is 4. The summed E-state index contributed by atoms with van der Waals surface area (Å²) in [5, 5.41) is 0. The summed E-state index contributed by atoms with van der Waals surface area (Å²) < 4.78 is 32.9. The molecule has 0 radical (unpaired) electrons. The van der Waals surface area contributed by atoms with Crippen LogP contribution in [0.2, 0.25) is 0 Å². The van der Waals surface area contributed by atoms with Crippen molar-refractivity contribution in [3.05, 3.63) is 57.6 Å². The molecule has 0 saturated carbocycles. The maximum Gasteiger partial charge on any atom is 0.417 e. The van der Waals surface area contributed by atoms with E-state index in [2.05, 4.69) is 9.71 Å². The second-order valence-electron chi connectivity index (χ2n) is 5.55. The Balaban J connectivity index is 2.08. The van der Waals surface area contributed by atoms with E-state index in [-0.39, 0.29) is 10.5 Å². The second-order valence-corrected chi connectivity index (χ2v) is 7.20. The molecule has 3 aromatic rings. The van der Waals surface area contributed by atoms with E-state index in [0.717, 1.165) is 11.1 Å². The van der Waals surface area contributed by atoms with Gasteiger partial charge in [0.2, 0.25) is 0 Å². The third kappa shape index (κ3) is 2.87. The number of anilines is 1. The van der Waals surface area contributed by atoms with Gasteiger partial charge in [0.15, 0.2) is 5.58 Å². The molecule has 0 aliphatic rings. The number of sulfonamides is 1. The number of hydrogen-bond donors (Lipinski definition) is 2. The Morgan fingerprint density at radius 1 is 1.04 bits per heavy atom. The highest BCUT2D eigenvalue weighted by Gasteiger charge is 2.20. The van der Waals surface area contributed by atoms with Gasteiger partial charge in [-0.25, -0.2) is 13.2 Å². The van der Waals surface area contributed by atoms with Gasteiger partial charge in [-0.05, 0) is 44.0 Å². The maximum absolute atomic E-state index is 12.7. The van der Waals surface area contributed by atoms with Crippen molar-refractivity contribution in [1.29, 1.82) is 0 Å². The third-order valence-electron chi connectivity index (χ3n) is 3.63. The van der Waals surface area contributed by atoms with Gasteiger partial charge in [0.1, 0.15) is 0 Å². The van der Waals surface area contributed by atoms with Crippen LogP contribution in [0.3, 0.4) is 0 Å². The van der Waals surface area contributed by atoms with Crippen molar-refractivity contribution in [1.82, 2.24) is 4.98 Å². The minimum absolute atomic E-state index is 0.0766. The van der Waals surface area contributed by atoms with E-state index in [1.807, 2.05) is 26.0 Å². The fraction of sp³-hybridized carbons (Fsp3) is 0.188. The van der Waals surface area contributed by atoms with Crippen LogP contribution in [0.25, 0.3) is 11.1 Å². The summed E-state index contributed by atoms with van der Waals surface area (Å²) in [4.78, 5) is 13.8. The maximum atomic E-state index is 12.7. The van der Waals surface area contributed by atoms with Crippen LogP contribution in [0.1, 0.15) is 16.7 Å². The Kier molecular flexibility index (Phi) is 3.52. The average Bonchev–Trinajstić information content (AvgIpc) is 2.80. The molecule has 120 valence electrons. The van der Waals surface area contributed by atoms with Crippen LogP contribution in [0, 0.1) is 20.8 Å². The molecule has 3 rings (SSSR count). The Hall–Kier alpha value is -2.54. The monoisotopic (exact) mass is 332 g/mol. The lowest BCUT2D eigenvalue weighted by atomic mass is 10.1. The summed E-state index contributed by atoms with van der Waals surface area (Å²) >= 11 is 0. The Morgan fingerprint density at radius 3 is 2.48 bits per heavy atom. The molecule has 1 aromatic heterocycles. The number of aryl methyl sites for hydroxylation is 3. The highest BCUT2D eigenvalue weighted by Crippen LogP contribution is 2.25. The number of oxazole rings is 1. The predicted molar refractivity (Wildman–Crippen MR) is 88.3 cm³/mol. The predicted octanol–water partition coefficient (Wildman–Crippen LogP) is 2.85. The van der Waals surface area contributed by atoms with Gasteiger partial charge < -0.3 is 4.42 Å². The fourth-order valence-electron chi connectivity index (χ4n) is 2.50. The highest BCUT2D eigenvalue weighted by atomic mass is 32.2. The van der Waals surface area contributed by atoms with Crippen molar-refractivity contribution in [2.45, 2.75) is 25.7 Å². The first-order valence-corrected chi connectivity index (χ1v) is 8.48. The zero-order valence-electron chi connectivity index (χ0n) is 12.9. The molecule has 0 aliphatic carbocycles. The van der Waals surface area contributed by atoms with E-state index in [9.17, 15) is 13.2 Å². The van der Waals surface area contributed by atoms with Gasteiger partial charge in [-0.1, -0.05) is 17.7 Å². The second kappa shape index (κ2) is 5.27. The lowest BCUT2D eigenvalue weighted by Crippen LogP contribution is -2.15.